The Kier molecular flexibility index (Phi) is 4.16. The quantitative estimate of drug-likeness (QED) is 0.673. The van der Waals surface area contributed by atoms with Crippen LogP contribution in [0.5, 0.6) is 0 Å². The monoisotopic (exact) mass is 312 g/mol. The van der Waals surface area contributed by atoms with Crippen molar-refractivity contribution < 1.29 is 8.81 Å². The van der Waals surface area contributed by atoms with Gasteiger partial charge in [0.05, 0.1) is 12.3 Å². The molecule has 1 aromatic carbocycles. The van der Waals surface area contributed by atoms with E-state index < -0.39 is 0 Å². The van der Waals surface area contributed by atoms with Crippen molar-refractivity contribution in [3.8, 4) is 0 Å². The molecule has 1 unspecified atom stereocenters. The summed E-state index contributed by atoms with van der Waals surface area (Å²) in [6, 6.07) is 6.61. The molecule has 1 atom stereocenters. The molecule has 0 bridgehead atoms. The third-order valence-corrected chi connectivity index (χ3v) is 3.35. The highest BCUT2D eigenvalue weighted by Crippen LogP contribution is 2.24. The standard InChI is InChI=1S/C13H14BrFN2O/c1-8-4-5-18-13(8)12(17-16)6-9-2-3-10(14)7-11(9)15/h2-5,7,12,17H,6,16H2,1H3. The fraction of sp³-hybridized carbons (Fsp3) is 0.231. The second-order valence-corrected chi connectivity index (χ2v) is 5.04. The Morgan fingerprint density at radius 2 is 2.22 bits per heavy atom. The molecule has 0 saturated heterocycles. The Morgan fingerprint density at radius 1 is 1.44 bits per heavy atom. The molecule has 2 rings (SSSR count). The van der Waals surface area contributed by atoms with Gasteiger partial charge in [-0.05, 0) is 42.7 Å². The molecule has 96 valence electrons. The van der Waals surface area contributed by atoms with Crippen LogP contribution >= 0.6 is 15.9 Å². The van der Waals surface area contributed by atoms with E-state index >= 15 is 0 Å². The van der Waals surface area contributed by atoms with Crippen molar-refractivity contribution in [2.45, 2.75) is 19.4 Å². The molecule has 0 aliphatic heterocycles. The first kappa shape index (κ1) is 13.3. The Morgan fingerprint density at radius 3 is 2.78 bits per heavy atom. The Bertz CT molecular complexity index is 542. The minimum absolute atomic E-state index is 0.240. The zero-order chi connectivity index (χ0) is 13.1. The highest BCUT2D eigenvalue weighted by Gasteiger charge is 2.18. The third kappa shape index (κ3) is 2.80. The predicted octanol–water partition coefficient (Wildman–Crippen LogP) is 3.24. The smallest absolute Gasteiger partial charge is 0.127 e. The largest absolute Gasteiger partial charge is 0.467 e. The summed E-state index contributed by atoms with van der Waals surface area (Å²) in [7, 11) is 0. The van der Waals surface area contributed by atoms with Crippen LogP contribution in [0.2, 0.25) is 0 Å². The molecular weight excluding hydrogens is 299 g/mol. The molecule has 0 amide bonds. The molecular formula is C13H14BrFN2O. The van der Waals surface area contributed by atoms with Gasteiger partial charge in [-0.2, -0.15) is 0 Å². The molecule has 3 nitrogen and oxygen atoms in total. The first-order valence-corrected chi connectivity index (χ1v) is 6.35. The van der Waals surface area contributed by atoms with Gasteiger partial charge in [-0.15, -0.1) is 0 Å². The average Bonchev–Trinajstić information content (AvgIpc) is 2.75. The van der Waals surface area contributed by atoms with Gasteiger partial charge in [0.2, 0.25) is 0 Å². The zero-order valence-electron chi connectivity index (χ0n) is 9.91. The molecule has 0 aliphatic carbocycles. The normalized spacial score (nSPS) is 12.7. The summed E-state index contributed by atoms with van der Waals surface area (Å²) in [6.45, 7) is 1.93. The maximum absolute atomic E-state index is 13.8. The van der Waals surface area contributed by atoms with Crippen LogP contribution < -0.4 is 11.3 Å². The molecule has 0 saturated carbocycles. The summed E-state index contributed by atoms with van der Waals surface area (Å²) in [5, 5.41) is 0. The molecule has 0 spiro atoms. The van der Waals surface area contributed by atoms with E-state index in [1.165, 1.54) is 6.07 Å². The summed E-state index contributed by atoms with van der Waals surface area (Å²) in [5.41, 5.74) is 4.25. The fourth-order valence-electron chi connectivity index (χ4n) is 1.88. The molecule has 1 aromatic heterocycles. The number of hydrogen-bond donors (Lipinski definition) is 2. The van der Waals surface area contributed by atoms with E-state index in [9.17, 15) is 4.39 Å². The minimum Gasteiger partial charge on any atom is -0.467 e. The number of furan rings is 1. The van der Waals surface area contributed by atoms with Crippen molar-refractivity contribution in [1.82, 2.24) is 5.43 Å². The van der Waals surface area contributed by atoms with Crippen molar-refractivity contribution in [3.05, 3.63) is 57.7 Å². The lowest BCUT2D eigenvalue weighted by molar-refractivity contribution is 0.409. The molecule has 0 aliphatic rings. The van der Waals surface area contributed by atoms with Gasteiger partial charge in [0.1, 0.15) is 11.6 Å². The van der Waals surface area contributed by atoms with Crippen LogP contribution in [0.4, 0.5) is 4.39 Å². The lowest BCUT2D eigenvalue weighted by Crippen LogP contribution is -2.30. The second kappa shape index (κ2) is 5.65. The van der Waals surface area contributed by atoms with E-state index in [4.69, 9.17) is 10.3 Å². The second-order valence-electron chi connectivity index (χ2n) is 4.13. The summed E-state index contributed by atoms with van der Waals surface area (Å²) >= 11 is 3.23. The average molecular weight is 313 g/mol. The van der Waals surface area contributed by atoms with Crippen LogP contribution in [0, 0.1) is 12.7 Å². The molecule has 1 heterocycles. The predicted molar refractivity (Wildman–Crippen MR) is 71.3 cm³/mol. The number of hydrazine groups is 1. The van der Waals surface area contributed by atoms with Crippen molar-refractivity contribution in [3.63, 3.8) is 0 Å². The highest BCUT2D eigenvalue weighted by atomic mass is 79.9. The molecule has 5 heteroatoms. The maximum atomic E-state index is 13.8. The van der Waals surface area contributed by atoms with Crippen LogP contribution in [0.1, 0.15) is 22.9 Å². The Labute approximate surface area is 113 Å². The van der Waals surface area contributed by atoms with E-state index in [1.54, 1.807) is 18.4 Å². The lowest BCUT2D eigenvalue weighted by atomic mass is 10.0. The van der Waals surface area contributed by atoms with Gasteiger partial charge in [-0.3, -0.25) is 5.84 Å². The Hall–Kier alpha value is -1.17. The first-order chi connectivity index (χ1) is 8.61. The van der Waals surface area contributed by atoms with Gasteiger partial charge in [0.15, 0.2) is 0 Å². The number of rotatable bonds is 4. The molecule has 0 radical (unpaired) electrons. The van der Waals surface area contributed by atoms with Crippen molar-refractivity contribution >= 4 is 15.9 Å². The van der Waals surface area contributed by atoms with Crippen molar-refractivity contribution in [2.24, 2.45) is 5.84 Å². The van der Waals surface area contributed by atoms with Crippen LogP contribution in [0.3, 0.4) is 0 Å². The van der Waals surface area contributed by atoms with Gasteiger partial charge < -0.3 is 4.42 Å². The zero-order valence-corrected chi connectivity index (χ0v) is 11.5. The molecule has 0 fully saturated rings. The van der Waals surface area contributed by atoms with Crippen LogP contribution in [-0.2, 0) is 6.42 Å². The summed E-state index contributed by atoms with van der Waals surface area (Å²) in [5.74, 6) is 6.00. The molecule has 3 N–H and O–H groups in total. The first-order valence-electron chi connectivity index (χ1n) is 5.56. The van der Waals surface area contributed by atoms with E-state index in [0.29, 0.717) is 12.0 Å². The van der Waals surface area contributed by atoms with Gasteiger partial charge in [0, 0.05) is 4.47 Å². The topological polar surface area (TPSA) is 51.2 Å². The highest BCUT2D eigenvalue weighted by molar-refractivity contribution is 9.10. The number of hydrogen-bond acceptors (Lipinski definition) is 3. The van der Waals surface area contributed by atoms with Gasteiger partial charge in [0.25, 0.3) is 0 Å². The van der Waals surface area contributed by atoms with Crippen molar-refractivity contribution in [1.29, 1.82) is 0 Å². The number of nitrogens with one attached hydrogen (secondary N) is 1. The van der Waals surface area contributed by atoms with Gasteiger partial charge >= 0.3 is 0 Å². The van der Waals surface area contributed by atoms with Crippen LogP contribution in [0.15, 0.2) is 39.4 Å². The summed E-state index contributed by atoms with van der Waals surface area (Å²) in [6.07, 6.45) is 2.04. The van der Waals surface area contributed by atoms with E-state index in [2.05, 4.69) is 21.4 Å². The lowest BCUT2D eigenvalue weighted by Gasteiger charge is -2.15. The Balaban J connectivity index is 2.23. The SMILES string of the molecule is Cc1ccoc1C(Cc1ccc(Br)cc1F)NN. The number of halogens is 2. The van der Waals surface area contributed by atoms with E-state index in [0.717, 1.165) is 15.8 Å². The van der Waals surface area contributed by atoms with Crippen LogP contribution in [0.25, 0.3) is 0 Å². The molecule has 18 heavy (non-hydrogen) atoms. The van der Waals surface area contributed by atoms with Crippen molar-refractivity contribution in [2.75, 3.05) is 0 Å². The van der Waals surface area contributed by atoms with Gasteiger partial charge in [-0.1, -0.05) is 22.0 Å². The molecule has 2 aromatic rings. The maximum Gasteiger partial charge on any atom is 0.127 e. The fourth-order valence-corrected chi connectivity index (χ4v) is 2.21. The minimum atomic E-state index is -0.256. The van der Waals surface area contributed by atoms with Gasteiger partial charge in [-0.25, -0.2) is 9.82 Å². The van der Waals surface area contributed by atoms with E-state index in [-0.39, 0.29) is 11.9 Å². The summed E-state index contributed by atoms with van der Waals surface area (Å²) in [4.78, 5) is 0. The number of aryl methyl sites for hydroxylation is 1. The van der Waals surface area contributed by atoms with Crippen LogP contribution in [-0.4, -0.2) is 0 Å². The van der Waals surface area contributed by atoms with E-state index in [1.807, 2.05) is 13.0 Å². The summed E-state index contributed by atoms with van der Waals surface area (Å²) < 4.78 is 19.9. The number of benzene rings is 1. The number of nitrogens with two attached hydrogens (primary N) is 1. The third-order valence-electron chi connectivity index (χ3n) is 2.86.